The number of carbonyl (C=O) groups excluding carboxylic acids is 1. The second-order valence-corrected chi connectivity index (χ2v) is 6.71. The van der Waals surface area contributed by atoms with E-state index < -0.39 is 18.0 Å². The first-order valence-corrected chi connectivity index (χ1v) is 8.87. The summed E-state index contributed by atoms with van der Waals surface area (Å²) in [5, 5.41) is 11.0. The average Bonchev–Trinajstić information content (AvgIpc) is 3.46. The number of nitrogens with zero attached hydrogens (tertiary/aromatic N) is 4. The van der Waals surface area contributed by atoms with Crippen LogP contribution in [-0.2, 0) is 17.9 Å². The molecule has 4 rings (SSSR count). The van der Waals surface area contributed by atoms with Crippen molar-refractivity contribution >= 4 is 11.6 Å². The van der Waals surface area contributed by atoms with Gasteiger partial charge < -0.3 is 10.1 Å². The molecule has 2 aromatic heterocycles. The zero-order valence-corrected chi connectivity index (χ0v) is 15.0. The SMILES string of the molecule is O=C(Cn1nc2ccc(C3CC3)nn2c1=O)NCc1ccc(OC(F)(F)F)cc1. The lowest BCUT2D eigenvalue weighted by molar-refractivity contribution is -0.274. The van der Waals surface area contributed by atoms with Crippen molar-refractivity contribution in [2.45, 2.75) is 38.2 Å². The number of halogens is 3. The van der Waals surface area contributed by atoms with Gasteiger partial charge in [0, 0.05) is 12.5 Å². The third kappa shape index (κ3) is 4.55. The highest BCUT2D eigenvalue weighted by atomic mass is 19.4. The highest BCUT2D eigenvalue weighted by Gasteiger charge is 2.31. The van der Waals surface area contributed by atoms with Gasteiger partial charge in [-0.1, -0.05) is 12.1 Å². The Balaban J connectivity index is 1.37. The summed E-state index contributed by atoms with van der Waals surface area (Å²) in [4.78, 5) is 24.5. The molecule has 1 aliphatic carbocycles. The van der Waals surface area contributed by atoms with Gasteiger partial charge in [-0.05, 0) is 42.7 Å². The van der Waals surface area contributed by atoms with Gasteiger partial charge in [0.05, 0.1) is 5.69 Å². The zero-order chi connectivity index (χ0) is 20.6. The second kappa shape index (κ2) is 7.22. The minimum Gasteiger partial charge on any atom is -0.406 e. The van der Waals surface area contributed by atoms with Crippen molar-refractivity contribution in [2.75, 3.05) is 0 Å². The third-order valence-electron chi connectivity index (χ3n) is 4.40. The number of fused-ring (bicyclic) bond motifs is 1. The molecule has 29 heavy (non-hydrogen) atoms. The number of rotatable bonds is 6. The molecule has 1 aromatic carbocycles. The van der Waals surface area contributed by atoms with Crippen LogP contribution in [0.15, 0.2) is 41.2 Å². The molecule has 1 saturated carbocycles. The largest absolute Gasteiger partial charge is 0.573 e. The molecule has 0 radical (unpaired) electrons. The van der Waals surface area contributed by atoms with E-state index in [2.05, 4.69) is 20.3 Å². The number of hydrogen-bond donors (Lipinski definition) is 1. The van der Waals surface area contributed by atoms with E-state index in [-0.39, 0.29) is 18.8 Å². The maximum absolute atomic E-state index is 12.4. The lowest BCUT2D eigenvalue weighted by atomic mass is 10.2. The van der Waals surface area contributed by atoms with E-state index in [0.29, 0.717) is 17.1 Å². The van der Waals surface area contributed by atoms with E-state index in [4.69, 9.17) is 0 Å². The summed E-state index contributed by atoms with van der Waals surface area (Å²) in [5.74, 6) is -0.429. The molecule has 152 valence electrons. The average molecular weight is 407 g/mol. The molecular formula is C18H16F3N5O3. The van der Waals surface area contributed by atoms with E-state index in [1.54, 1.807) is 6.07 Å². The van der Waals surface area contributed by atoms with E-state index in [9.17, 15) is 22.8 Å². The van der Waals surface area contributed by atoms with Crippen molar-refractivity contribution in [3.63, 3.8) is 0 Å². The van der Waals surface area contributed by atoms with Crippen LogP contribution >= 0.6 is 0 Å². The van der Waals surface area contributed by atoms with Gasteiger partial charge in [0.2, 0.25) is 5.91 Å². The van der Waals surface area contributed by atoms with Crippen molar-refractivity contribution in [3.8, 4) is 5.75 Å². The lowest BCUT2D eigenvalue weighted by Crippen LogP contribution is -2.32. The normalized spacial score (nSPS) is 14.2. The Morgan fingerprint density at radius 2 is 1.86 bits per heavy atom. The van der Waals surface area contributed by atoms with Crippen molar-refractivity contribution in [1.29, 1.82) is 0 Å². The fraction of sp³-hybridized carbons (Fsp3) is 0.333. The second-order valence-electron chi connectivity index (χ2n) is 6.71. The van der Waals surface area contributed by atoms with Crippen molar-refractivity contribution in [1.82, 2.24) is 24.7 Å². The molecule has 3 aromatic rings. The number of aromatic nitrogens is 4. The van der Waals surface area contributed by atoms with Gasteiger partial charge in [-0.15, -0.1) is 18.3 Å². The summed E-state index contributed by atoms with van der Waals surface area (Å²) >= 11 is 0. The van der Waals surface area contributed by atoms with Gasteiger partial charge >= 0.3 is 12.1 Å². The van der Waals surface area contributed by atoms with Gasteiger partial charge in [0.25, 0.3) is 0 Å². The highest BCUT2D eigenvalue weighted by Crippen LogP contribution is 2.38. The Kier molecular flexibility index (Phi) is 4.73. The maximum Gasteiger partial charge on any atom is 0.573 e. The third-order valence-corrected chi connectivity index (χ3v) is 4.40. The number of nitrogens with one attached hydrogen (secondary N) is 1. The van der Waals surface area contributed by atoms with Crippen molar-refractivity contribution in [2.24, 2.45) is 0 Å². The Hall–Kier alpha value is -3.37. The topological polar surface area (TPSA) is 90.5 Å². The number of amides is 1. The summed E-state index contributed by atoms with van der Waals surface area (Å²) < 4.78 is 42.5. The van der Waals surface area contributed by atoms with Crippen LogP contribution in [0.3, 0.4) is 0 Å². The van der Waals surface area contributed by atoms with E-state index in [0.717, 1.165) is 35.4 Å². The fourth-order valence-corrected chi connectivity index (χ4v) is 2.82. The van der Waals surface area contributed by atoms with E-state index in [1.807, 2.05) is 6.07 Å². The first-order valence-electron chi connectivity index (χ1n) is 8.87. The Morgan fingerprint density at radius 1 is 1.14 bits per heavy atom. The van der Waals surface area contributed by atoms with E-state index in [1.165, 1.54) is 16.6 Å². The molecule has 2 heterocycles. The minimum absolute atomic E-state index is 0.0807. The van der Waals surface area contributed by atoms with Crippen LogP contribution < -0.4 is 15.7 Å². The van der Waals surface area contributed by atoms with E-state index >= 15 is 0 Å². The van der Waals surface area contributed by atoms with Gasteiger partial charge in [0.15, 0.2) is 5.65 Å². The smallest absolute Gasteiger partial charge is 0.406 e. The van der Waals surface area contributed by atoms with Crippen LogP contribution in [0.2, 0.25) is 0 Å². The molecule has 0 bridgehead atoms. The highest BCUT2D eigenvalue weighted by molar-refractivity contribution is 5.75. The number of benzene rings is 1. The lowest BCUT2D eigenvalue weighted by Gasteiger charge is -2.09. The summed E-state index contributed by atoms with van der Waals surface area (Å²) in [6.07, 6.45) is -2.66. The van der Waals surface area contributed by atoms with Crippen LogP contribution in [0.1, 0.15) is 30.0 Å². The fourth-order valence-electron chi connectivity index (χ4n) is 2.82. The summed E-state index contributed by atoms with van der Waals surface area (Å²) in [6.45, 7) is -0.215. The molecule has 11 heteroatoms. The van der Waals surface area contributed by atoms with Gasteiger partial charge in [0.1, 0.15) is 12.3 Å². The molecule has 8 nitrogen and oxygen atoms in total. The molecule has 1 fully saturated rings. The van der Waals surface area contributed by atoms with Gasteiger partial charge in [-0.25, -0.2) is 9.48 Å². The van der Waals surface area contributed by atoms with Crippen LogP contribution in [0.5, 0.6) is 5.75 Å². The monoisotopic (exact) mass is 407 g/mol. The predicted molar refractivity (Wildman–Crippen MR) is 94.2 cm³/mol. The first kappa shape index (κ1) is 19.0. The van der Waals surface area contributed by atoms with Crippen LogP contribution in [0.25, 0.3) is 5.65 Å². The molecule has 0 spiro atoms. The molecule has 0 atom stereocenters. The van der Waals surface area contributed by atoms with Gasteiger partial charge in [-0.2, -0.15) is 9.61 Å². The molecule has 0 unspecified atom stereocenters. The summed E-state index contributed by atoms with van der Waals surface area (Å²) in [6, 6.07) is 8.65. The molecule has 0 aliphatic heterocycles. The zero-order valence-electron chi connectivity index (χ0n) is 15.0. The molecule has 0 saturated heterocycles. The number of hydrogen-bond acceptors (Lipinski definition) is 5. The summed E-state index contributed by atoms with van der Waals surface area (Å²) in [5.41, 5.74) is 1.26. The number of ether oxygens (including phenoxy) is 1. The quantitative estimate of drug-likeness (QED) is 0.675. The first-order chi connectivity index (χ1) is 13.8. The standard InChI is InChI=1S/C18H16F3N5O3/c19-18(20,21)29-13-5-1-11(2-6-13)9-22-16(27)10-25-17(28)26-15(24-25)8-7-14(23-26)12-3-4-12/h1-2,5-8,12H,3-4,9-10H2,(H,22,27). The maximum atomic E-state index is 12.4. The number of carbonyl (C=O) groups is 1. The molecular weight excluding hydrogens is 391 g/mol. The molecule has 1 N–H and O–H groups in total. The van der Waals surface area contributed by atoms with Gasteiger partial charge in [-0.3, -0.25) is 4.79 Å². The van der Waals surface area contributed by atoms with Crippen LogP contribution in [-0.4, -0.2) is 31.7 Å². The van der Waals surface area contributed by atoms with Crippen molar-refractivity contribution < 1.29 is 22.7 Å². The molecule has 1 amide bonds. The number of alkyl halides is 3. The Morgan fingerprint density at radius 3 is 2.52 bits per heavy atom. The van der Waals surface area contributed by atoms with Crippen molar-refractivity contribution in [3.05, 3.63) is 58.1 Å². The Bertz CT molecular complexity index is 1100. The van der Waals surface area contributed by atoms with Crippen LogP contribution in [0, 0.1) is 0 Å². The predicted octanol–water partition coefficient (Wildman–Crippen LogP) is 1.98. The Labute approximate surface area is 161 Å². The van der Waals surface area contributed by atoms with Crippen LogP contribution in [0.4, 0.5) is 13.2 Å². The summed E-state index contributed by atoms with van der Waals surface area (Å²) in [7, 11) is 0. The minimum atomic E-state index is -4.76. The molecule has 1 aliphatic rings.